The monoisotopic (exact) mass is 440 g/mol. The summed E-state index contributed by atoms with van der Waals surface area (Å²) in [5.74, 6) is -1.76. The van der Waals surface area contributed by atoms with E-state index in [9.17, 15) is 14.4 Å². The highest BCUT2D eigenvalue weighted by atomic mass is 35.5. The van der Waals surface area contributed by atoms with Gasteiger partial charge in [-0.2, -0.15) is 0 Å². The summed E-state index contributed by atoms with van der Waals surface area (Å²) in [4.78, 5) is 37.6. The van der Waals surface area contributed by atoms with E-state index in [1.807, 2.05) is 6.92 Å². The maximum atomic E-state index is 12.3. The molecule has 1 amide bonds. The molecule has 0 fully saturated rings. The number of nitrogen functional groups attached to an aromatic ring is 1. The number of methoxy groups -OCH3 is 1. The summed E-state index contributed by atoms with van der Waals surface area (Å²) in [6.07, 6.45) is 0. The van der Waals surface area contributed by atoms with Crippen LogP contribution in [0.3, 0.4) is 0 Å². The summed E-state index contributed by atoms with van der Waals surface area (Å²) >= 11 is 7.18. The van der Waals surface area contributed by atoms with E-state index in [0.717, 1.165) is 10.4 Å². The molecule has 1 aromatic heterocycles. The lowest BCUT2D eigenvalue weighted by Gasteiger charge is -2.11. The molecule has 0 saturated carbocycles. The first-order valence-corrected chi connectivity index (χ1v) is 9.76. The molecule has 0 aliphatic rings. The van der Waals surface area contributed by atoms with Gasteiger partial charge in [0.2, 0.25) is 0 Å². The average molecular weight is 441 g/mol. The molecule has 10 heteroatoms. The number of hydrogen-bond acceptors (Lipinski definition) is 8. The van der Waals surface area contributed by atoms with Gasteiger partial charge in [0, 0.05) is 10.9 Å². The van der Waals surface area contributed by atoms with Crippen LogP contribution in [0.4, 0.5) is 10.7 Å². The number of benzene rings is 1. The number of nitrogens with two attached hydrogens (primary N) is 1. The quantitative estimate of drug-likeness (QED) is 0.499. The van der Waals surface area contributed by atoms with Crippen LogP contribution in [-0.4, -0.2) is 38.2 Å². The van der Waals surface area contributed by atoms with E-state index >= 15 is 0 Å². The van der Waals surface area contributed by atoms with Crippen molar-refractivity contribution in [2.45, 2.75) is 20.8 Å². The number of carbonyl (C=O) groups is 3. The molecule has 0 atom stereocenters. The Morgan fingerprint density at radius 1 is 1.17 bits per heavy atom. The Bertz CT molecular complexity index is 957. The van der Waals surface area contributed by atoms with Crippen molar-refractivity contribution in [2.24, 2.45) is 0 Å². The van der Waals surface area contributed by atoms with Crippen LogP contribution < -0.4 is 15.8 Å². The number of anilines is 2. The molecule has 2 aromatic rings. The van der Waals surface area contributed by atoms with Crippen LogP contribution in [0.15, 0.2) is 12.1 Å². The predicted molar refractivity (Wildman–Crippen MR) is 111 cm³/mol. The standard InChI is InChI=1S/C19H21ClN2O6S/c1-5-27-19(25)16-9(2)10(3)29-17(16)22-15(23)8-28-18(24)11-6-12(20)13(21)7-14(11)26-4/h6-7H,5,8,21H2,1-4H3,(H,22,23). The third-order valence-electron chi connectivity index (χ3n) is 3.99. The molecule has 0 unspecified atom stereocenters. The molecule has 0 radical (unpaired) electrons. The number of carbonyl (C=O) groups excluding carboxylic acids is 3. The minimum Gasteiger partial charge on any atom is -0.496 e. The predicted octanol–water partition coefficient (Wildman–Crippen LogP) is 3.58. The second kappa shape index (κ2) is 9.62. The second-order valence-corrected chi connectivity index (χ2v) is 7.54. The Hall–Kier alpha value is -2.78. The molecule has 0 bridgehead atoms. The first-order chi connectivity index (χ1) is 13.7. The van der Waals surface area contributed by atoms with Crippen LogP contribution in [0.25, 0.3) is 0 Å². The average Bonchev–Trinajstić information content (AvgIpc) is 2.95. The van der Waals surface area contributed by atoms with Crippen LogP contribution in [0.5, 0.6) is 5.75 Å². The number of thiophene rings is 1. The minimum absolute atomic E-state index is 0.0366. The van der Waals surface area contributed by atoms with Crippen LogP contribution in [0.2, 0.25) is 5.02 Å². The molecule has 2 rings (SSSR count). The van der Waals surface area contributed by atoms with Crippen molar-refractivity contribution in [3.05, 3.63) is 38.7 Å². The summed E-state index contributed by atoms with van der Waals surface area (Å²) in [7, 11) is 1.37. The van der Waals surface area contributed by atoms with Crippen molar-refractivity contribution in [1.29, 1.82) is 0 Å². The van der Waals surface area contributed by atoms with Gasteiger partial charge in [-0.1, -0.05) is 11.6 Å². The van der Waals surface area contributed by atoms with Gasteiger partial charge < -0.3 is 25.3 Å². The van der Waals surface area contributed by atoms with E-state index in [1.54, 1.807) is 13.8 Å². The highest BCUT2D eigenvalue weighted by Crippen LogP contribution is 2.33. The van der Waals surface area contributed by atoms with E-state index in [-0.39, 0.29) is 28.6 Å². The van der Waals surface area contributed by atoms with Crippen molar-refractivity contribution in [2.75, 3.05) is 31.4 Å². The van der Waals surface area contributed by atoms with E-state index in [4.69, 9.17) is 31.5 Å². The maximum Gasteiger partial charge on any atom is 0.342 e. The lowest BCUT2D eigenvalue weighted by Crippen LogP contribution is -2.22. The van der Waals surface area contributed by atoms with E-state index in [1.165, 1.54) is 30.6 Å². The molecule has 8 nitrogen and oxygen atoms in total. The number of amides is 1. The smallest absolute Gasteiger partial charge is 0.342 e. The molecule has 1 aromatic carbocycles. The molecule has 3 N–H and O–H groups in total. The van der Waals surface area contributed by atoms with E-state index < -0.39 is 24.5 Å². The Morgan fingerprint density at radius 3 is 2.48 bits per heavy atom. The van der Waals surface area contributed by atoms with Crippen molar-refractivity contribution in [3.63, 3.8) is 0 Å². The van der Waals surface area contributed by atoms with Gasteiger partial charge in [-0.15, -0.1) is 11.3 Å². The third-order valence-corrected chi connectivity index (χ3v) is 5.44. The molecule has 0 saturated heterocycles. The Morgan fingerprint density at radius 2 is 1.86 bits per heavy atom. The molecule has 29 heavy (non-hydrogen) atoms. The van der Waals surface area contributed by atoms with E-state index in [2.05, 4.69) is 5.32 Å². The van der Waals surface area contributed by atoms with Crippen molar-refractivity contribution in [1.82, 2.24) is 0 Å². The third kappa shape index (κ3) is 5.18. The van der Waals surface area contributed by atoms with E-state index in [0.29, 0.717) is 10.6 Å². The van der Waals surface area contributed by atoms with Crippen LogP contribution in [0, 0.1) is 13.8 Å². The number of aryl methyl sites for hydroxylation is 1. The number of nitrogens with one attached hydrogen (secondary N) is 1. The Kier molecular flexibility index (Phi) is 7.46. The highest BCUT2D eigenvalue weighted by Gasteiger charge is 2.23. The molecule has 156 valence electrons. The van der Waals surface area contributed by atoms with Gasteiger partial charge in [0.25, 0.3) is 5.91 Å². The summed E-state index contributed by atoms with van der Waals surface area (Å²) in [6, 6.07) is 2.70. The van der Waals surface area contributed by atoms with Crippen LogP contribution in [0.1, 0.15) is 38.1 Å². The second-order valence-electron chi connectivity index (χ2n) is 5.91. The Labute approximate surface area is 176 Å². The van der Waals surface area contributed by atoms with Gasteiger partial charge in [0.05, 0.1) is 30.0 Å². The highest BCUT2D eigenvalue weighted by molar-refractivity contribution is 7.16. The summed E-state index contributed by atoms with van der Waals surface area (Å²) < 4.78 is 15.2. The zero-order chi connectivity index (χ0) is 21.7. The SMILES string of the molecule is CCOC(=O)c1c(NC(=O)COC(=O)c2cc(Cl)c(N)cc2OC)sc(C)c1C. The van der Waals surface area contributed by atoms with Crippen molar-refractivity contribution in [3.8, 4) is 5.75 Å². The largest absolute Gasteiger partial charge is 0.496 e. The first-order valence-electron chi connectivity index (χ1n) is 8.56. The maximum absolute atomic E-state index is 12.3. The van der Waals surface area contributed by atoms with Gasteiger partial charge in [0.15, 0.2) is 6.61 Å². The van der Waals surface area contributed by atoms with Crippen molar-refractivity contribution < 1.29 is 28.6 Å². The topological polar surface area (TPSA) is 117 Å². The Balaban J connectivity index is 2.10. The first kappa shape index (κ1) is 22.5. The fraction of sp³-hybridized carbons (Fsp3) is 0.316. The van der Waals surface area contributed by atoms with Gasteiger partial charge in [-0.05, 0) is 32.4 Å². The molecule has 0 aliphatic heterocycles. The number of halogens is 1. The van der Waals surface area contributed by atoms with Crippen LogP contribution in [-0.2, 0) is 14.3 Å². The summed E-state index contributed by atoms with van der Waals surface area (Å²) in [5.41, 5.74) is 6.98. The van der Waals surface area contributed by atoms with Crippen LogP contribution >= 0.6 is 22.9 Å². The zero-order valence-electron chi connectivity index (χ0n) is 16.4. The number of rotatable bonds is 7. The molecule has 0 spiro atoms. The molecule has 0 aliphatic carbocycles. The number of hydrogen-bond donors (Lipinski definition) is 2. The van der Waals surface area contributed by atoms with Gasteiger partial charge in [0.1, 0.15) is 16.3 Å². The lowest BCUT2D eigenvalue weighted by atomic mass is 10.1. The number of esters is 2. The lowest BCUT2D eigenvalue weighted by molar-refractivity contribution is -0.119. The molecule has 1 heterocycles. The van der Waals surface area contributed by atoms with Crippen molar-refractivity contribution >= 4 is 51.5 Å². The zero-order valence-corrected chi connectivity index (χ0v) is 18.0. The normalized spacial score (nSPS) is 10.4. The summed E-state index contributed by atoms with van der Waals surface area (Å²) in [5, 5.41) is 3.09. The molecular formula is C19H21ClN2O6S. The van der Waals surface area contributed by atoms with Gasteiger partial charge >= 0.3 is 11.9 Å². The van der Waals surface area contributed by atoms with Gasteiger partial charge in [-0.3, -0.25) is 4.79 Å². The minimum atomic E-state index is -0.803. The fourth-order valence-corrected chi connectivity index (χ4v) is 3.66. The number of ether oxygens (including phenoxy) is 3. The van der Waals surface area contributed by atoms with Gasteiger partial charge in [-0.25, -0.2) is 9.59 Å². The fourth-order valence-electron chi connectivity index (χ4n) is 2.43. The molecular weight excluding hydrogens is 420 g/mol. The summed E-state index contributed by atoms with van der Waals surface area (Å²) in [6.45, 7) is 4.94.